The van der Waals surface area contributed by atoms with Crippen LogP contribution in [0.15, 0.2) is 40.9 Å². The Morgan fingerprint density at radius 2 is 2.29 bits per heavy atom. The molecule has 0 bridgehead atoms. The smallest absolute Gasteiger partial charge is 0.405 e. The Kier molecular flexibility index (Phi) is 5.42. The van der Waals surface area contributed by atoms with Crippen molar-refractivity contribution in [1.82, 2.24) is 0 Å². The topological polar surface area (TPSA) is 69.4 Å². The highest BCUT2D eigenvalue weighted by Crippen LogP contribution is 2.14. The second kappa shape index (κ2) is 6.85. The molecule has 17 heavy (non-hydrogen) atoms. The van der Waals surface area contributed by atoms with Crippen LogP contribution in [0.25, 0.3) is 0 Å². The van der Waals surface area contributed by atoms with Crippen LogP contribution < -0.4 is 5.73 Å². The van der Waals surface area contributed by atoms with Crippen molar-refractivity contribution in [3.05, 3.63) is 46.5 Å². The number of hydrogen-bond acceptors (Lipinski definition) is 3. The summed E-state index contributed by atoms with van der Waals surface area (Å²) in [7, 11) is 0. The molecule has 1 atom stereocenters. The van der Waals surface area contributed by atoms with Gasteiger partial charge in [0.25, 0.3) is 0 Å². The largest absolute Gasteiger partial charge is 0.442 e. The Morgan fingerprint density at radius 1 is 1.53 bits per heavy atom. The molecule has 1 aromatic rings. The number of aldehydes is 1. The van der Waals surface area contributed by atoms with Crippen LogP contribution in [0.3, 0.4) is 0 Å². The van der Waals surface area contributed by atoms with Crippen LogP contribution >= 0.6 is 15.9 Å². The van der Waals surface area contributed by atoms with E-state index in [1.807, 2.05) is 24.3 Å². The van der Waals surface area contributed by atoms with Gasteiger partial charge in [0.15, 0.2) is 0 Å². The average molecular weight is 298 g/mol. The number of benzene rings is 1. The quantitative estimate of drug-likeness (QED) is 0.669. The fourth-order valence-electron chi connectivity index (χ4n) is 1.36. The molecule has 0 fully saturated rings. The van der Waals surface area contributed by atoms with Gasteiger partial charge in [-0.2, -0.15) is 0 Å². The maximum atomic E-state index is 10.7. The SMILES string of the molecule is NC(=O)OC(/C=C\C=O)Cc1cccc(Br)c1. The third kappa shape index (κ3) is 5.31. The van der Waals surface area contributed by atoms with Crippen molar-refractivity contribution in [2.75, 3.05) is 0 Å². The van der Waals surface area contributed by atoms with Crippen LogP contribution in [0.4, 0.5) is 4.79 Å². The Balaban J connectivity index is 2.74. The molecule has 0 heterocycles. The van der Waals surface area contributed by atoms with Crippen molar-refractivity contribution in [3.8, 4) is 0 Å². The van der Waals surface area contributed by atoms with Crippen LogP contribution in [0.2, 0.25) is 0 Å². The molecular formula is C12H12BrNO3. The molecule has 1 aromatic carbocycles. The Labute approximate surface area is 108 Å². The van der Waals surface area contributed by atoms with Gasteiger partial charge >= 0.3 is 6.09 Å². The average Bonchev–Trinajstić information content (AvgIpc) is 2.25. The standard InChI is InChI=1S/C12H12BrNO3/c13-10-4-1-3-9(7-10)8-11(5-2-6-15)17-12(14)16/h1-7,11H,8H2,(H2,14,16)/b5-2-. The third-order valence-corrected chi connectivity index (χ3v) is 2.49. The van der Waals surface area contributed by atoms with E-state index in [9.17, 15) is 9.59 Å². The summed E-state index contributed by atoms with van der Waals surface area (Å²) in [6, 6.07) is 7.59. The maximum absolute atomic E-state index is 10.7. The van der Waals surface area contributed by atoms with Gasteiger partial charge in [-0.15, -0.1) is 0 Å². The van der Waals surface area contributed by atoms with Gasteiger partial charge in [0.05, 0.1) is 0 Å². The molecule has 0 aromatic heterocycles. The highest BCUT2D eigenvalue weighted by molar-refractivity contribution is 9.10. The molecule has 0 aliphatic heterocycles. The van der Waals surface area contributed by atoms with Gasteiger partial charge in [0.1, 0.15) is 12.4 Å². The predicted octanol–water partition coefficient (Wildman–Crippen LogP) is 2.21. The van der Waals surface area contributed by atoms with Gasteiger partial charge in [0, 0.05) is 10.9 Å². The first kappa shape index (κ1) is 13.4. The van der Waals surface area contributed by atoms with Crippen molar-refractivity contribution in [3.63, 3.8) is 0 Å². The lowest BCUT2D eigenvalue weighted by molar-refractivity contribution is -0.104. The highest BCUT2D eigenvalue weighted by atomic mass is 79.9. The monoisotopic (exact) mass is 297 g/mol. The molecule has 2 N–H and O–H groups in total. The minimum Gasteiger partial charge on any atom is -0.442 e. The van der Waals surface area contributed by atoms with E-state index in [4.69, 9.17) is 10.5 Å². The first-order chi connectivity index (χ1) is 8.11. The summed E-state index contributed by atoms with van der Waals surface area (Å²) in [5.74, 6) is 0. The van der Waals surface area contributed by atoms with Gasteiger partial charge in [-0.25, -0.2) is 4.79 Å². The van der Waals surface area contributed by atoms with Crippen molar-refractivity contribution in [1.29, 1.82) is 0 Å². The molecule has 1 amide bonds. The van der Waals surface area contributed by atoms with Crippen LogP contribution in [0, 0.1) is 0 Å². The number of rotatable bonds is 5. The molecular weight excluding hydrogens is 286 g/mol. The summed E-state index contributed by atoms with van der Waals surface area (Å²) in [4.78, 5) is 20.9. The maximum Gasteiger partial charge on any atom is 0.405 e. The summed E-state index contributed by atoms with van der Waals surface area (Å²) in [5, 5.41) is 0. The lowest BCUT2D eigenvalue weighted by Gasteiger charge is -2.12. The number of nitrogens with two attached hydrogens (primary N) is 1. The molecule has 90 valence electrons. The van der Waals surface area contributed by atoms with E-state index in [0.717, 1.165) is 10.0 Å². The Hall–Kier alpha value is -1.62. The Bertz CT molecular complexity index is 432. The summed E-state index contributed by atoms with van der Waals surface area (Å²) in [6.07, 6.45) is 2.47. The molecule has 0 aliphatic rings. The first-order valence-electron chi connectivity index (χ1n) is 4.94. The van der Waals surface area contributed by atoms with Crippen LogP contribution in [-0.2, 0) is 16.0 Å². The molecule has 4 nitrogen and oxygen atoms in total. The number of allylic oxidation sites excluding steroid dienone is 1. The number of hydrogen-bond donors (Lipinski definition) is 1. The number of ether oxygens (including phenoxy) is 1. The fraction of sp³-hybridized carbons (Fsp3) is 0.167. The lowest BCUT2D eigenvalue weighted by Crippen LogP contribution is -2.23. The molecule has 5 heteroatoms. The van der Waals surface area contributed by atoms with Crippen molar-refractivity contribution >= 4 is 28.3 Å². The van der Waals surface area contributed by atoms with Crippen LogP contribution in [0.1, 0.15) is 5.56 Å². The van der Waals surface area contributed by atoms with Gasteiger partial charge in [0.2, 0.25) is 0 Å². The van der Waals surface area contributed by atoms with Gasteiger partial charge < -0.3 is 10.5 Å². The normalized spacial score (nSPS) is 12.3. The second-order valence-corrected chi connectivity index (χ2v) is 4.25. The predicted molar refractivity (Wildman–Crippen MR) is 67.5 cm³/mol. The van der Waals surface area contributed by atoms with Crippen molar-refractivity contribution in [2.45, 2.75) is 12.5 Å². The summed E-state index contributed by atoms with van der Waals surface area (Å²) in [5.41, 5.74) is 5.93. The number of carbonyl (C=O) groups is 2. The molecule has 0 aliphatic carbocycles. The van der Waals surface area contributed by atoms with Crippen LogP contribution in [0.5, 0.6) is 0 Å². The third-order valence-electron chi connectivity index (χ3n) is 2.00. The molecule has 0 saturated carbocycles. The summed E-state index contributed by atoms with van der Waals surface area (Å²) < 4.78 is 5.81. The highest BCUT2D eigenvalue weighted by Gasteiger charge is 2.09. The van der Waals surface area contributed by atoms with E-state index in [-0.39, 0.29) is 0 Å². The van der Waals surface area contributed by atoms with E-state index in [0.29, 0.717) is 12.7 Å². The minimum absolute atomic E-state index is 0.465. The number of carbonyl (C=O) groups excluding carboxylic acids is 2. The molecule has 0 spiro atoms. The molecule has 1 rings (SSSR count). The fourth-order valence-corrected chi connectivity index (χ4v) is 1.81. The van der Waals surface area contributed by atoms with Gasteiger partial charge in [-0.1, -0.05) is 28.1 Å². The van der Waals surface area contributed by atoms with Crippen molar-refractivity contribution in [2.24, 2.45) is 5.73 Å². The number of primary amides is 1. The van der Waals surface area contributed by atoms with E-state index < -0.39 is 12.2 Å². The summed E-state index contributed by atoms with van der Waals surface area (Å²) >= 11 is 3.35. The number of halogens is 1. The first-order valence-corrected chi connectivity index (χ1v) is 5.73. The second-order valence-electron chi connectivity index (χ2n) is 3.33. The van der Waals surface area contributed by atoms with Crippen molar-refractivity contribution < 1.29 is 14.3 Å². The van der Waals surface area contributed by atoms with Crippen LogP contribution in [-0.4, -0.2) is 18.5 Å². The molecule has 0 saturated heterocycles. The van der Waals surface area contributed by atoms with E-state index in [1.165, 1.54) is 12.2 Å². The lowest BCUT2D eigenvalue weighted by atomic mass is 10.1. The van der Waals surface area contributed by atoms with Gasteiger partial charge in [-0.05, 0) is 29.8 Å². The Morgan fingerprint density at radius 3 is 2.88 bits per heavy atom. The number of amides is 1. The molecule has 0 radical (unpaired) electrons. The minimum atomic E-state index is -0.861. The van der Waals surface area contributed by atoms with E-state index in [2.05, 4.69) is 15.9 Å². The van der Waals surface area contributed by atoms with E-state index >= 15 is 0 Å². The molecule has 1 unspecified atom stereocenters. The van der Waals surface area contributed by atoms with E-state index in [1.54, 1.807) is 0 Å². The summed E-state index contributed by atoms with van der Waals surface area (Å²) in [6.45, 7) is 0. The zero-order valence-electron chi connectivity index (χ0n) is 9.01. The van der Waals surface area contributed by atoms with Gasteiger partial charge in [-0.3, -0.25) is 4.79 Å². The zero-order chi connectivity index (χ0) is 12.7. The zero-order valence-corrected chi connectivity index (χ0v) is 10.6.